The zero-order valence-electron chi connectivity index (χ0n) is 22.9. The number of carbonyl (C=O) groups is 2. The topological polar surface area (TPSA) is 96.0 Å². The molecule has 8 nitrogen and oxygen atoms in total. The van der Waals surface area contributed by atoms with E-state index in [1.165, 1.54) is 4.31 Å². The van der Waals surface area contributed by atoms with Gasteiger partial charge < -0.3 is 15.0 Å². The first-order chi connectivity index (χ1) is 17.5. The number of para-hydroxylation sites is 2. The summed E-state index contributed by atoms with van der Waals surface area (Å²) in [7, 11) is -3.61. The van der Waals surface area contributed by atoms with Crippen LogP contribution in [0.5, 0.6) is 5.75 Å². The third-order valence-electron chi connectivity index (χ3n) is 6.04. The van der Waals surface area contributed by atoms with Gasteiger partial charge in [-0.15, -0.1) is 0 Å². The number of hydrogen-bond acceptors (Lipinski definition) is 5. The van der Waals surface area contributed by atoms with Crippen LogP contribution in [0.2, 0.25) is 0 Å². The Kier molecular flexibility index (Phi) is 11.4. The van der Waals surface area contributed by atoms with Gasteiger partial charge in [0.2, 0.25) is 21.8 Å². The fraction of sp³-hybridized carbons (Fsp3) is 0.500. The van der Waals surface area contributed by atoms with Gasteiger partial charge in [-0.25, -0.2) is 8.42 Å². The van der Waals surface area contributed by atoms with Crippen LogP contribution >= 0.6 is 0 Å². The lowest BCUT2D eigenvalue weighted by Gasteiger charge is -2.30. The van der Waals surface area contributed by atoms with E-state index >= 15 is 0 Å². The summed E-state index contributed by atoms with van der Waals surface area (Å²) >= 11 is 0. The van der Waals surface area contributed by atoms with Gasteiger partial charge >= 0.3 is 0 Å². The van der Waals surface area contributed by atoms with Crippen LogP contribution in [0.3, 0.4) is 0 Å². The summed E-state index contributed by atoms with van der Waals surface area (Å²) in [5, 5.41) is 2.92. The first-order valence-corrected chi connectivity index (χ1v) is 14.6. The summed E-state index contributed by atoms with van der Waals surface area (Å²) in [4.78, 5) is 27.9. The molecule has 0 heterocycles. The van der Waals surface area contributed by atoms with Gasteiger partial charge in [-0.3, -0.25) is 13.9 Å². The molecule has 0 fully saturated rings. The lowest BCUT2D eigenvalue weighted by Crippen LogP contribution is -2.48. The smallest absolute Gasteiger partial charge is 0.242 e. The van der Waals surface area contributed by atoms with Gasteiger partial charge in [-0.1, -0.05) is 50.2 Å². The van der Waals surface area contributed by atoms with Crippen molar-refractivity contribution in [2.75, 3.05) is 30.3 Å². The Morgan fingerprint density at radius 2 is 1.68 bits per heavy atom. The highest BCUT2D eigenvalue weighted by atomic mass is 32.2. The second kappa shape index (κ2) is 14.0. The van der Waals surface area contributed by atoms with E-state index in [0.29, 0.717) is 37.1 Å². The lowest BCUT2D eigenvalue weighted by atomic mass is 10.1. The number of nitrogens with one attached hydrogen (secondary N) is 1. The minimum Gasteiger partial charge on any atom is -0.492 e. The highest BCUT2D eigenvalue weighted by Gasteiger charge is 2.27. The Labute approximate surface area is 222 Å². The minimum atomic E-state index is -3.61. The zero-order valence-corrected chi connectivity index (χ0v) is 23.7. The molecule has 1 atom stereocenters. The molecule has 0 bridgehead atoms. The standard InChI is InChI=1S/C28H41N3O5S/c1-7-36-26-16-11-10-15-25(26)31(37(6,34)35)18-12-17-27(32)30(20-24-14-9-8-13-22(24)4)23(5)28(33)29-19-21(2)3/h8-11,13-16,21,23H,7,12,17-20H2,1-6H3,(H,29,33). The van der Waals surface area contributed by atoms with Gasteiger partial charge in [0, 0.05) is 26.1 Å². The van der Waals surface area contributed by atoms with E-state index in [9.17, 15) is 18.0 Å². The van der Waals surface area contributed by atoms with E-state index in [2.05, 4.69) is 5.32 Å². The summed E-state index contributed by atoms with van der Waals surface area (Å²) < 4.78 is 32.1. The third-order valence-corrected chi connectivity index (χ3v) is 7.22. The Balaban J connectivity index is 2.21. The fourth-order valence-electron chi connectivity index (χ4n) is 3.93. The van der Waals surface area contributed by atoms with Crippen LogP contribution < -0.4 is 14.4 Å². The van der Waals surface area contributed by atoms with Gasteiger partial charge in [0.15, 0.2) is 0 Å². The number of carbonyl (C=O) groups excluding carboxylic acids is 2. The van der Waals surface area contributed by atoms with E-state index in [-0.39, 0.29) is 31.2 Å². The maximum absolute atomic E-state index is 13.4. The van der Waals surface area contributed by atoms with Crippen molar-refractivity contribution in [2.45, 2.75) is 60.0 Å². The molecular weight excluding hydrogens is 490 g/mol. The first kappa shape index (κ1) is 30.2. The molecule has 2 aromatic rings. The van der Waals surface area contributed by atoms with E-state index < -0.39 is 16.1 Å². The van der Waals surface area contributed by atoms with Gasteiger partial charge in [0.05, 0.1) is 18.6 Å². The molecule has 37 heavy (non-hydrogen) atoms. The number of aryl methyl sites for hydroxylation is 1. The molecule has 0 saturated heterocycles. The molecule has 0 aliphatic heterocycles. The summed E-state index contributed by atoms with van der Waals surface area (Å²) in [6.45, 7) is 10.9. The average molecular weight is 532 g/mol. The van der Waals surface area contributed by atoms with E-state index in [0.717, 1.165) is 17.4 Å². The number of hydrogen-bond donors (Lipinski definition) is 1. The van der Waals surface area contributed by atoms with Crippen molar-refractivity contribution in [2.24, 2.45) is 5.92 Å². The van der Waals surface area contributed by atoms with Crippen LogP contribution in [-0.4, -0.2) is 57.1 Å². The molecule has 0 aliphatic rings. The summed E-state index contributed by atoms with van der Waals surface area (Å²) in [5.41, 5.74) is 2.44. The van der Waals surface area contributed by atoms with E-state index in [1.807, 2.05) is 52.0 Å². The van der Waals surface area contributed by atoms with Crippen molar-refractivity contribution >= 4 is 27.5 Å². The number of nitrogens with zero attached hydrogens (tertiary/aromatic N) is 2. The molecule has 2 aromatic carbocycles. The molecule has 0 saturated carbocycles. The molecule has 1 N–H and O–H groups in total. The Morgan fingerprint density at radius 3 is 2.30 bits per heavy atom. The molecule has 0 spiro atoms. The second-order valence-corrected chi connectivity index (χ2v) is 11.5. The van der Waals surface area contributed by atoms with Crippen molar-refractivity contribution in [1.82, 2.24) is 10.2 Å². The predicted octanol–water partition coefficient (Wildman–Crippen LogP) is 4.13. The molecule has 2 amide bonds. The highest BCUT2D eigenvalue weighted by molar-refractivity contribution is 7.92. The normalized spacial score (nSPS) is 12.2. The summed E-state index contributed by atoms with van der Waals surface area (Å²) in [5.74, 6) is 0.345. The fourth-order valence-corrected chi connectivity index (χ4v) is 4.90. The largest absolute Gasteiger partial charge is 0.492 e. The Bertz CT molecular complexity index is 1150. The predicted molar refractivity (Wildman–Crippen MR) is 148 cm³/mol. The van der Waals surface area contributed by atoms with E-state index in [4.69, 9.17) is 4.74 Å². The van der Waals surface area contributed by atoms with Crippen LogP contribution in [0.15, 0.2) is 48.5 Å². The third kappa shape index (κ3) is 9.07. The number of ether oxygens (including phenoxy) is 1. The van der Waals surface area contributed by atoms with Crippen LogP contribution in [-0.2, 0) is 26.2 Å². The maximum Gasteiger partial charge on any atom is 0.242 e. The minimum absolute atomic E-state index is 0.0938. The lowest BCUT2D eigenvalue weighted by molar-refractivity contribution is -0.140. The highest BCUT2D eigenvalue weighted by Crippen LogP contribution is 2.30. The number of amides is 2. The quantitative estimate of drug-likeness (QED) is 0.396. The zero-order chi connectivity index (χ0) is 27.6. The molecule has 0 aromatic heterocycles. The summed E-state index contributed by atoms with van der Waals surface area (Å²) in [6.07, 6.45) is 1.52. The molecule has 9 heteroatoms. The Morgan fingerprint density at radius 1 is 1.03 bits per heavy atom. The van der Waals surface area contributed by atoms with Crippen molar-refractivity contribution in [1.29, 1.82) is 0 Å². The molecular formula is C28H41N3O5S. The molecule has 0 radical (unpaired) electrons. The monoisotopic (exact) mass is 531 g/mol. The number of rotatable bonds is 14. The van der Waals surface area contributed by atoms with Crippen molar-refractivity contribution in [3.8, 4) is 5.75 Å². The van der Waals surface area contributed by atoms with Crippen molar-refractivity contribution in [3.63, 3.8) is 0 Å². The molecule has 204 valence electrons. The van der Waals surface area contributed by atoms with Gasteiger partial charge in [0.1, 0.15) is 11.8 Å². The number of benzene rings is 2. The van der Waals surface area contributed by atoms with Crippen LogP contribution in [0.25, 0.3) is 0 Å². The van der Waals surface area contributed by atoms with Crippen LogP contribution in [0.1, 0.15) is 51.7 Å². The summed E-state index contributed by atoms with van der Waals surface area (Å²) in [6, 6.07) is 14.1. The average Bonchev–Trinajstić information content (AvgIpc) is 2.84. The van der Waals surface area contributed by atoms with Gasteiger partial charge in [-0.2, -0.15) is 0 Å². The van der Waals surface area contributed by atoms with Crippen LogP contribution in [0, 0.1) is 12.8 Å². The molecule has 0 aliphatic carbocycles. The molecule has 2 rings (SSSR count). The second-order valence-electron chi connectivity index (χ2n) is 9.60. The first-order valence-electron chi connectivity index (χ1n) is 12.8. The number of anilines is 1. The Hall–Kier alpha value is -3.07. The van der Waals surface area contributed by atoms with Gasteiger partial charge in [-0.05, 0) is 56.4 Å². The molecule has 1 unspecified atom stereocenters. The SMILES string of the molecule is CCOc1ccccc1N(CCCC(=O)N(Cc1ccccc1C)C(C)C(=O)NCC(C)C)S(C)(=O)=O. The van der Waals surface area contributed by atoms with Crippen LogP contribution in [0.4, 0.5) is 5.69 Å². The van der Waals surface area contributed by atoms with Gasteiger partial charge in [0.25, 0.3) is 0 Å². The van der Waals surface area contributed by atoms with E-state index in [1.54, 1.807) is 36.1 Å². The van der Waals surface area contributed by atoms with Crippen molar-refractivity contribution < 1.29 is 22.7 Å². The maximum atomic E-state index is 13.4. The van der Waals surface area contributed by atoms with Crippen molar-refractivity contribution in [3.05, 3.63) is 59.7 Å². The number of sulfonamides is 1.